The highest BCUT2D eigenvalue weighted by Gasteiger charge is 2.19. The number of halogens is 1. The van der Waals surface area contributed by atoms with Crippen molar-refractivity contribution in [2.75, 3.05) is 0 Å². The smallest absolute Gasteiger partial charge is 0.408 e. The molecule has 76 valence electrons. The molecule has 0 aromatic carbocycles. The second-order valence-corrected chi connectivity index (χ2v) is 4.04. The van der Waals surface area contributed by atoms with Gasteiger partial charge in [-0.2, -0.15) is 0 Å². The van der Waals surface area contributed by atoms with Gasteiger partial charge in [-0.05, 0) is 39.3 Å². The van der Waals surface area contributed by atoms with Gasteiger partial charge in [-0.15, -0.1) is 0 Å². The second kappa shape index (κ2) is 4.46. The van der Waals surface area contributed by atoms with Crippen LogP contribution in [0.2, 0.25) is 0 Å². The summed E-state index contributed by atoms with van der Waals surface area (Å²) in [5, 5.41) is 1.67. The monoisotopic (exact) mass is 207 g/mol. The van der Waals surface area contributed by atoms with Crippen LogP contribution in [0.1, 0.15) is 27.7 Å². The summed E-state index contributed by atoms with van der Waals surface area (Å²) >= 11 is 5.13. The van der Waals surface area contributed by atoms with Gasteiger partial charge in [0.2, 0.25) is 5.24 Å². The van der Waals surface area contributed by atoms with Gasteiger partial charge in [0.25, 0.3) is 0 Å². The number of ether oxygens (including phenoxy) is 1. The van der Waals surface area contributed by atoms with E-state index in [4.69, 9.17) is 16.3 Å². The first-order valence-corrected chi connectivity index (χ1v) is 4.29. The van der Waals surface area contributed by atoms with E-state index in [2.05, 4.69) is 5.32 Å². The van der Waals surface area contributed by atoms with Crippen LogP contribution in [0.25, 0.3) is 0 Å². The fourth-order valence-corrected chi connectivity index (χ4v) is 0.596. The van der Waals surface area contributed by atoms with Gasteiger partial charge in [0.1, 0.15) is 11.6 Å². The van der Waals surface area contributed by atoms with Crippen LogP contribution in [0.5, 0.6) is 0 Å². The first-order chi connectivity index (χ1) is 5.72. The highest BCUT2D eigenvalue weighted by molar-refractivity contribution is 6.64. The third-order valence-electron chi connectivity index (χ3n) is 1.07. The zero-order valence-corrected chi connectivity index (χ0v) is 8.94. The van der Waals surface area contributed by atoms with Crippen molar-refractivity contribution in [1.29, 1.82) is 0 Å². The molecule has 0 spiro atoms. The van der Waals surface area contributed by atoms with E-state index in [1.807, 2.05) is 0 Å². The largest absolute Gasteiger partial charge is 0.444 e. The van der Waals surface area contributed by atoms with Crippen LogP contribution in [0, 0.1) is 0 Å². The molecular formula is C8H14ClNO3. The Hall–Kier alpha value is -0.770. The van der Waals surface area contributed by atoms with Crippen LogP contribution in [0.4, 0.5) is 4.79 Å². The van der Waals surface area contributed by atoms with E-state index in [0.29, 0.717) is 0 Å². The molecule has 0 fully saturated rings. The van der Waals surface area contributed by atoms with E-state index < -0.39 is 23.0 Å². The molecule has 0 bridgehead atoms. The standard InChI is InChI=1S/C8H14ClNO3/c1-5(6(9)11)10-7(12)13-8(2,3)4/h5H,1-4H3,(H,10,12)/t5-/m1/s1. The molecule has 0 aromatic heterocycles. The lowest BCUT2D eigenvalue weighted by atomic mass is 10.2. The lowest BCUT2D eigenvalue weighted by Crippen LogP contribution is -2.40. The Morgan fingerprint density at radius 3 is 2.15 bits per heavy atom. The van der Waals surface area contributed by atoms with Crippen LogP contribution in [0.3, 0.4) is 0 Å². The molecule has 0 heterocycles. The summed E-state index contributed by atoms with van der Waals surface area (Å²) in [7, 11) is 0. The third-order valence-corrected chi connectivity index (χ3v) is 1.40. The maximum atomic E-state index is 11.0. The molecular weight excluding hydrogens is 194 g/mol. The summed E-state index contributed by atoms with van der Waals surface area (Å²) in [6.07, 6.45) is -0.644. The van der Waals surface area contributed by atoms with Crippen molar-refractivity contribution in [3.05, 3.63) is 0 Å². The van der Waals surface area contributed by atoms with Gasteiger partial charge >= 0.3 is 6.09 Å². The van der Waals surface area contributed by atoms with Crippen LogP contribution >= 0.6 is 11.6 Å². The quantitative estimate of drug-likeness (QED) is 0.701. The Bertz CT molecular complexity index is 210. The first kappa shape index (κ1) is 12.2. The Balaban J connectivity index is 3.96. The van der Waals surface area contributed by atoms with E-state index in [1.165, 1.54) is 6.92 Å². The van der Waals surface area contributed by atoms with E-state index in [0.717, 1.165) is 0 Å². The minimum Gasteiger partial charge on any atom is -0.444 e. The summed E-state index contributed by atoms with van der Waals surface area (Å²) < 4.78 is 4.90. The molecule has 4 nitrogen and oxygen atoms in total. The number of hydrogen-bond donors (Lipinski definition) is 1. The number of alkyl carbamates (subject to hydrolysis) is 1. The maximum Gasteiger partial charge on any atom is 0.408 e. The number of rotatable bonds is 2. The lowest BCUT2D eigenvalue weighted by molar-refractivity contribution is -0.113. The summed E-state index contributed by atoms with van der Waals surface area (Å²) in [6.45, 7) is 6.69. The van der Waals surface area contributed by atoms with Crippen LogP contribution in [-0.4, -0.2) is 23.0 Å². The van der Waals surface area contributed by atoms with Gasteiger partial charge in [0.05, 0.1) is 0 Å². The molecule has 1 atom stereocenters. The molecule has 0 radical (unpaired) electrons. The Morgan fingerprint density at radius 1 is 1.38 bits per heavy atom. The van der Waals surface area contributed by atoms with Crippen molar-refractivity contribution in [3.63, 3.8) is 0 Å². The zero-order valence-electron chi connectivity index (χ0n) is 8.18. The molecule has 1 amide bonds. The van der Waals surface area contributed by atoms with Crippen molar-refractivity contribution in [2.45, 2.75) is 39.3 Å². The van der Waals surface area contributed by atoms with Gasteiger partial charge in [-0.1, -0.05) is 0 Å². The number of carbonyl (C=O) groups excluding carboxylic acids is 2. The van der Waals surface area contributed by atoms with E-state index in [1.54, 1.807) is 20.8 Å². The van der Waals surface area contributed by atoms with Crippen molar-refractivity contribution >= 4 is 22.9 Å². The molecule has 0 aliphatic carbocycles. The Morgan fingerprint density at radius 2 is 1.85 bits per heavy atom. The average molecular weight is 208 g/mol. The number of hydrogen-bond acceptors (Lipinski definition) is 3. The van der Waals surface area contributed by atoms with Crippen LogP contribution < -0.4 is 5.32 Å². The van der Waals surface area contributed by atoms with Gasteiger partial charge in [0, 0.05) is 0 Å². The van der Waals surface area contributed by atoms with Gasteiger partial charge < -0.3 is 10.1 Å². The summed E-state index contributed by atoms with van der Waals surface area (Å²) in [4.78, 5) is 21.6. The minimum absolute atomic E-state index is 0.570. The van der Waals surface area contributed by atoms with Gasteiger partial charge in [-0.25, -0.2) is 4.79 Å². The average Bonchev–Trinajstić information content (AvgIpc) is 1.81. The molecule has 0 rings (SSSR count). The van der Waals surface area contributed by atoms with E-state index in [-0.39, 0.29) is 0 Å². The summed E-state index contributed by atoms with van der Waals surface area (Å²) in [5.74, 6) is 0. The first-order valence-electron chi connectivity index (χ1n) is 3.91. The zero-order chi connectivity index (χ0) is 10.6. The Kier molecular flexibility index (Phi) is 4.20. The molecule has 0 saturated heterocycles. The predicted octanol–water partition coefficient (Wildman–Crippen LogP) is 1.67. The maximum absolute atomic E-state index is 11.0. The fourth-order valence-electron chi connectivity index (χ4n) is 0.541. The van der Waals surface area contributed by atoms with Crippen LogP contribution in [-0.2, 0) is 9.53 Å². The highest BCUT2D eigenvalue weighted by Crippen LogP contribution is 2.06. The molecule has 0 aliphatic rings. The van der Waals surface area contributed by atoms with Crippen LogP contribution in [0.15, 0.2) is 0 Å². The second-order valence-electron chi connectivity index (χ2n) is 3.67. The van der Waals surface area contributed by atoms with Gasteiger partial charge in [-0.3, -0.25) is 4.79 Å². The molecule has 0 aliphatic heterocycles. The molecule has 1 N–H and O–H groups in total. The topological polar surface area (TPSA) is 55.4 Å². The number of nitrogens with one attached hydrogen (secondary N) is 1. The van der Waals surface area contributed by atoms with Crippen molar-refractivity contribution < 1.29 is 14.3 Å². The molecule has 0 aromatic rings. The number of carbonyl (C=O) groups is 2. The summed E-state index contributed by atoms with van der Waals surface area (Å²) in [5.41, 5.74) is -0.570. The fraction of sp³-hybridized carbons (Fsp3) is 0.750. The Labute approximate surface area is 82.6 Å². The lowest BCUT2D eigenvalue weighted by Gasteiger charge is -2.20. The highest BCUT2D eigenvalue weighted by atomic mass is 35.5. The van der Waals surface area contributed by atoms with Gasteiger partial charge in [0.15, 0.2) is 0 Å². The van der Waals surface area contributed by atoms with E-state index in [9.17, 15) is 9.59 Å². The third kappa shape index (κ3) is 6.40. The molecule has 13 heavy (non-hydrogen) atoms. The summed E-state index contributed by atoms with van der Waals surface area (Å²) in [6, 6.07) is -0.725. The van der Waals surface area contributed by atoms with Crippen molar-refractivity contribution in [1.82, 2.24) is 5.32 Å². The number of amides is 1. The van der Waals surface area contributed by atoms with E-state index >= 15 is 0 Å². The normalized spacial score (nSPS) is 13.3. The minimum atomic E-state index is -0.725. The van der Waals surface area contributed by atoms with Crippen molar-refractivity contribution in [3.8, 4) is 0 Å². The predicted molar refractivity (Wildman–Crippen MR) is 49.7 cm³/mol. The molecule has 0 unspecified atom stereocenters. The van der Waals surface area contributed by atoms with Crippen molar-refractivity contribution in [2.24, 2.45) is 0 Å². The SMILES string of the molecule is C[C@@H](NC(=O)OC(C)(C)C)C(=O)Cl. The molecule has 0 saturated carbocycles. The molecule has 5 heteroatoms.